The fraction of sp³-hybridized carbons (Fsp3) is 0.333. The van der Waals surface area contributed by atoms with E-state index in [2.05, 4.69) is 4.98 Å². The Balaban J connectivity index is 2.66. The van der Waals surface area contributed by atoms with Gasteiger partial charge in [-0.05, 0) is 0 Å². The highest BCUT2D eigenvalue weighted by Gasteiger charge is 2.32. The molecule has 0 aliphatic heterocycles. The molecule has 1 heterocycles. The van der Waals surface area contributed by atoms with E-state index in [0.29, 0.717) is 0 Å². The minimum atomic E-state index is -4.16. The zero-order valence-corrected chi connectivity index (χ0v) is 5.54. The average Bonchev–Trinajstić information content (AvgIpc) is 1.85. The predicted octanol–water partition coefficient (Wildman–Crippen LogP) is 0.931. The van der Waals surface area contributed by atoms with Crippen LogP contribution < -0.4 is 4.57 Å². The van der Waals surface area contributed by atoms with Crippen molar-refractivity contribution in [2.75, 3.05) is 0 Å². The highest BCUT2D eigenvalue weighted by atomic mass is 19.4. The average molecular weight is 163 g/mol. The van der Waals surface area contributed by atoms with Crippen molar-refractivity contribution in [3.63, 3.8) is 0 Å². The van der Waals surface area contributed by atoms with Crippen molar-refractivity contribution >= 4 is 0 Å². The summed E-state index contributed by atoms with van der Waals surface area (Å²) in [5.41, 5.74) is 0. The molecule has 0 aliphatic carbocycles. The molecule has 0 atom stereocenters. The zero-order chi connectivity index (χ0) is 8.32. The van der Waals surface area contributed by atoms with E-state index in [4.69, 9.17) is 0 Å². The van der Waals surface area contributed by atoms with Crippen molar-refractivity contribution < 1.29 is 17.7 Å². The molecule has 2 nitrogen and oxygen atoms in total. The summed E-state index contributed by atoms with van der Waals surface area (Å²) in [5.74, 6) is 0. The summed E-state index contributed by atoms with van der Waals surface area (Å²) in [6, 6.07) is 0. The molecule has 0 bridgehead atoms. The Morgan fingerprint density at radius 1 is 1.18 bits per heavy atom. The number of nitrogens with zero attached hydrogens (tertiary/aromatic N) is 2. The minimum absolute atomic E-state index is 0.963. The third-order valence-corrected chi connectivity index (χ3v) is 1.05. The monoisotopic (exact) mass is 163 g/mol. The summed E-state index contributed by atoms with van der Waals surface area (Å²) >= 11 is 0. The Labute approximate surface area is 61.3 Å². The van der Waals surface area contributed by atoms with E-state index >= 15 is 0 Å². The van der Waals surface area contributed by atoms with Crippen molar-refractivity contribution in [3.05, 3.63) is 24.8 Å². The summed E-state index contributed by atoms with van der Waals surface area (Å²) in [4.78, 5) is 3.59. The molecule has 1 rings (SSSR count). The molecular formula is C6H6F3N2+. The molecule has 0 unspecified atom stereocenters. The van der Waals surface area contributed by atoms with Crippen LogP contribution in [0.15, 0.2) is 24.8 Å². The van der Waals surface area contributed by atoms with Crippen LogP contribution in [-0.4, -0.2) is 11.2 Å². The van der Waals surface area contributed by atoms with Crippen LogP contribution in [0.2, 0.25) is 0 Å². The minimum Gasteiger partial charge on any atom is -0.252 e. The fourth-order valence-corrected chi connectivity index (χ4v) is 0.660. The molecule has 1 aromatic heterocycles. The maximum Gasteiger partial charge on any atom is 0.448 e. The van der Waals surface area contributed by atoms with E-state index in [1.807, 2.05) is 0 Å². The molecule has 5 heteroatoms. The number of hydrogen-bond acceptors (Lipinski definition) is 1. The molecule has 0 aliphatic rings. The lowest BCUT2D eigenvalue weighted by molar-refractivity contribution is -0.719. The Morgan fingerprint density at radius 3 is 2.18 bits per heavy atom. The van der Waals surface area contributed by atoms with Crippen LogP contribution in [0.3, 0.4) is 0 Å². The van der Waals surface area contributed by atoms with Crippen LogP contribution in [0.25, 0.3) is 0 Å². The molecule has 0 N–H and O–H groups in total. The molecule has 0 aromatic carbocycles. The van der Waals surface area contributed by atoms with Crippen molar-refractivity contribution in [2.24, 2.45) is 0 Å². The van der Waals surface area contributed by atoms with Gasteiger partial charge < -0.3 is 0 Å². The number of alkyl halides is 3. The molecule has 0 amide bonds. The van der Waals surface area contributed by atoms with E-state index in [1.54, 1.807) is 0 Å². The van der Waals surface area contributed by atoms with Gasteiger partial charge >= 0.3 is 6.18 Å². The molecule has 0 fully saturated rings. The first-order valence-corrected chi connectivity index (χ1v) is 2.94. The van der Waals surface area contributed by atoms with E-state index in [9.17, 15) is 13.2 Å². The van der Waals surface area contributed by atoms with Gasteiger partial charge in [-0.25, -0.2) is 0 Å². The van der Waals surface area contributed by atoms with E-state index in [1.165, 1.54) is 24.8 Å². The topological polar surface area (TPSA) is 16.8 Å². The maximum absolute atomic E-state index is 11.7. The van der Waals surface area contributed by atoms with Crippen molar-refractivity contribution in [1.29, 1.82) is 0 Å². The summed E-state index contributed by atoms with van der Waals surface area (Å²) in [6.07, 6.45) is 1.00. The van der Waals surface area contributed by atoms with Gasteiger partial charge in [-0.15, -0.1) is 0 Å². The third kappa shape index (κ3) is 2.97. The van der Waals surface area contributed by atoms with Crippen LogP contribution in [0, 0.1) is 0 Å². The Hall–Kier alpha value is -1.13. The largest absolute Gasteiger partial charge is 0.448 e. The van der Waals surface area contributed by atoms with Crippen LogP contribution >= 0.6 is 0 Å². The second kappa shape index (κ2) is 2.86. The highest BCUT2D eigenvalue weighted by molar-refractivity contribution is 4.63. The van der Waals surface area contributed by atoms with Crippen LogP contribution in [0.5, 0.6) is 0 Å². The molecule has 60 valence electrons. The van der Waals surface area contributed by atoms with Gasteiger partial charge in [-0.2, -0.15) is 17.7 Å². The first-order chi connectivity index (χ1) is 5.08. The Kier molecular flexibility index (Phi) is 2.07. The summed E-state index contributed by atoms with van der Waals surface area (Å²) in [7, 11) is 0. The molecule has 0 saturated heterocycles. The van der Waals surface area contributed by atoms with Gasteiger partial charge in [0.25, 0.3) is 0 Å². The molecule has 0 saturated carbocycles. The molecule has 0 radical (unpaired) electrons. The van der Waals surface area contributed by atoms with Gasteiger partial charge in [0.05, 0.1) is 12.4 Å². The van der Waals surface area contributed by atoms with E-state index in [0.717, 1.165) is 4.57 Å². The normalized spacial score (nSPS) is 11.5. The Morgan fingerprint density at radius 2 is 1.73 bits per heavy atom. The number of halogens is 3. The maximum atomic E-state index is 11.7. The van der Waals surface area contributed by atoms with Crippen LogP contribution in [0.4, 0.5) is 13.2 Å². The lowest BCUT2D eigenvalue weighted by Gasteiger charge is -1.99. The zero-order valence-electron chi connectivity index (χ0n) is 5.54. The first-order valence-electron chi connectivity index (χ1n) is 2.94. The molecular weight excluding hydrogens is 157 g/mol. The first kappa shape index (κ1) is 7.97. The smallest absolute Gasteiger partial charge is 0.252 e. The second-order valence-corrected chi connectivity index (χ2v) is 2.03. The van der Waals surface area contributed by atoms with Gasteiger partial charge in [-0.3, -0.25) is 4.98 Å². The number of aromatic nitrogens is 2. The summed E-state index contributed by atoms with van der Waals surface area (Å²) in [6.45, 7) is -0.963. The Bertz CT molecular complexity index is 219. The van der Waals surface area contributed by atoms with Gasteiger partial charge in [0.15, 0.2) is 12.4 Å². The van der Waals surface area contributed by atoms with E-state index < -0.39 is 12.7 Å². The fourth-order valence-electron chi connectivity index (χ4n) is 0.660. The number of hydrogen-bond donors (Lipinski definition) is 0. The summed E-state index contributed by atoms with van der Waals surface area (Å²) < 4.78 is 36.1. The quantitative estimate of drug-likeness (QED) is 0.563. The van der Waals surface area contributed by atoms with Crippen molar-refractivity contribution in [3.8, 4) is 0 Å². The van der Waals surface area contributed by atoms with Gasteiger partial charge in [-0.1, -0.05) is 0 Å². The molecule has 0 spiro atoms. The van der Waals surface area contributed by atoms with Crippen LogP contribution in [-0.2, 0) is 6.54 Å². The van der Waals surface area contributed by atoms with Crippen molar-refractivity contribution in [1.82, 2.24) is 4.98 Å². The molecule has 11 heavy (non-hydrogen) atoms. The SMILES string of the molecule is FC(F)(F)C[n+]1ccncc1. The van der Waals surface area contributed by atoms with Gasteiger partial charge in [0.1, 0.15) is 0 Å². The van der Waals surface area contributed by atoms with Gasteiger partial charge in [0, 0.05) is 0 Å². The van der Waals surface area contributed by atoms with Gasteiger partial charge in [0.2, 0.25) is 6.54 Å². The van der Waals surface area contributed by atoms with E-state index in [-0.39, 0.29) is 0 Å². The lowest BCUT2D eigenvalue weighted by Crippen LogP contribution is -2.40. The number of rotatable bonds is 1. The van der Waals surface area contributed by atoms with Crippen LogP contribution in [0.1, 0.15) is 0 Å². The second-order valence-electron chi connectivity index (χ2n) is 2.03. The molecule has 1 aromatic rings. The highest BCUT2D eigenvalue weighted by Crippen LogP contribution is 2.13. The lowest BCUT2D eigenvalue weighted by atomic mass is 10.6. The van der Waals surface area contributed by atoms with Crippen molar-refractivity contribution in [2.45, 2.75) is 12.7 Å². The third-order valence-electron chi connectivity index (χ3n) is 1.05. The predicted molar refractivity (Wildman–Crippen MR) is 30.5 cm³/mol. The summed E-state index contributed by atoms with van der Waals surface area (Å²) in [5, 5.41) is 0. The standard InChI is InChI=1S/C6H6F3N2/c7-6(8,9)5-11-3-1-10-2-4-11/h1-4H,5H2/q+1.